The van der Waals surface area contributed by atoms with Gasteiger partial charge in [-0.05, 0) is 35.7 Å². The van der Waals surface area contributed by atoms with Gasteiger partial charge < -0.3 is 0 Å². The molecule has 6 heteroatoms. The molecule has 0 saturated heterocycles. The minimum Gasteiger partial charge on any atom is -0.226 e. The van der Waals surface area contributed by atoms with Gasteiger partial charge >= 0.3 is 0 Å². The number of pyridine rings is 1. The first-order chi connectivity index (χ1) is 10.1. The van der Waals surface area contributed by atoms with Gasteiger partial charge in [-0.3, -0.25) is 0 Å². The number of fused-ring (bicyclic) bond motifs is 1. The second kappa shape index (κ2) is 5.15. The smallest absolute Gasteiger partial charge is 0.222 e. The second-order valence-corrected chi connectivity index (χ2v) is 5.34. The van der Waals surface area contributed by atoms with Gasteiger partial charge in [0.05, 0.1) is 17.4 Å². The summed E-state index contributed by atoms with van der Waals surface area (Å²) in [5.74, 6) is 0.318. The first-order valence-electron chi connectivity index (χ1n) is 6.51. The molecule has 104 valence electrons. The zero-order chi connectivity index (χ0) is 15.0. The topological polar surface area (TPSA) is 66.9 Å². The summed E-state index contributed by atoms with van der Waals surface area (Å²) < 4.78 is 1.65. The first kappa shape index (κ1) is 13.5. The molecule has 3 aromatic rings. The van der Waals surface area contributed by atoms with E-state index < -0.39 is 0 Å². The predicted molar refractivity (Wildman–Crippen MR) is 80.0 cm³/mol. The van der Waals surface area contributed by atoms with E-state index in [0.29, 0.717) is 17.3 Å². The van der Waals surface area contributed by atoms with Crippen LogP contribution in [0.25, 0.3) is 16.8 Å². The Bertz CT molecular complexity index is 860. The Hall–Kier alpha value is -2.45. The van der Waals surface area contributed by atoms with Crippen molar-refractivity contribution in [1.29, 1.82) is 5.26 Å². The number of halogens is 1. The molecule has 0 aliphatic heterocycles. The monoisotopic (exact) mass is 297 g/mol. The molecule has 0 fully saturated rings. The highest BCUT2D eigenvalue weighted by Gasteiger charge is 2.13. The van der Waals surface area contributed by atoms with Gasteiger partial charge in [0, 0.05) is 17.3 Å². The molecule has 0 radical (unpaired) electrons. The molecule has 0 spiro atoms. The van der Waals surface area contributed by atoms with Crippen molar-refractivity contribution in [2.75, 3.05) is 0 Å². The lowest BCUT2D eigenvalue weighted by molar-refractivity contribution is 0.875. The molecule has 0 bridgehead atoms. The van der Waals surface area contributed by atoms with Crippen LogP contribution in [0.15, 0.2) is 30.6 Å². The molecule has 0 N–H and O–H groups in total. The second-order valence-electron chi connectivity index (χ2n) is 5.00. The quantitative estimate of drug-likeness (QED) is 0.680. The SMILES string of the molecule is CC(C)c1cnn2c(C#N)cc(-c3ccnc(Cl)n3)cc12. The van der Waals surface area contributed by atoms with Gasteiger partial charge in [0.25, 0.3) is 0 Å². The van der Waals surface area contributed by atoms with Crippen LogP contribution in [-0.2, 0) is 0 Å². The maximum absolute atomic E-state index is 9.34. The van der Waals surface area contributed by atoms with Crippen LogP contribution >= 0.6 is 11.6 Å². The van der Waals surface area contributed by atoms with Gasteiger partial charge in [0.2, 0.25) is 5.28 Å². The van der Waals surface area contributed by atoms with Crippen LogP contribution in [0.3, 0.4) is 0 Å². The Kier molecular flexibility index (Phi) is 3.32. The Balaban J connectivity index is 2.30. The van der Waals surface area contributed by atoms with Crippen molar-refractivity contribution in [2.45, 2.75) is 19.8 Å². The molecular weight excluding hydrogens is 286 g/mol. The van der Waals surface area contributed by atoms with E-state index >= 15 is 0 Å². The van der Waals surface area contributed by atoms with E-state index in [2.05, 4.69) is 35.0 Å². The molecule has 21 heavy (non-hydrogen) atoms. The summed E-state index contributed by atoms with van der Waals surface area (Å²) in [7, 11) is 0. The molecule has 0 unspecified atom stereocenters. The fraction of sp³-hybridized carbons (Fsp3) is 0.200. The lowest BCUT2D eigenvalue weighted by Crippen LogP contribution is -1.97. The molecule has 0 aliphatic carbocycles. The van der Waals surface area contributed by atoms with Gasteiger partial charge in [-0.25, -0.2) is 14.5 Å². The van der Waals surface area contributed by atoms with E-state index in [1.165, 1.54) is 0 Å². The van der Waals surface area contributed by atoms with Crippen LogP contribution in [-0.4, -0.2) is 19.6 Å². The minimum atomic E-state index is 0.184. The van der Waals surface area contributed by atoms with Crippen molar-refractivity contribution in [1.82, 2.24) is 19.6 Å². The molecule has 0 aliphatic rings. The Morgan fingerprint density at radius 2 is 2.14 bits per heavy atom. The first-order valence-corrected chi connectivity index (χ1v) is 6.88. The highest BCUT2D eigenvalue weighted by atomic mass is 35.5. The molecule has 5 nitrogen and oxygen atoms in total. The summed E-state index contributed by atoms with van der Waals surface area (Å²) in [4.78, 5) is 8.08. The van der Waals surface area contributed by atoms with Gasteiger partial charge in [0.15, 0.2) is 0 Å². The molecule has 0 atom stereocenters. The van der Waals surface area contributed by atoms with Crippen molar-refractivity contribution in [3.8, 4) is 17.3 Å². The normalized spacial score (nSPS) is 11.0. The average Bonchev–Trinajstić information content (AvgIpc) is 2.90. The Morgan fingerprint density at radius 1 is 1.33 bits per heavy atom. The van der Waals surface area contributed by atoms with Gasteiger partial charge in [-0.1, -0.05) is 13.8 Å². The minimum absolute atomic E-state index is 0.184. The third-order valence-electron chi connectivity index (χ3n) is 3.31. The maximum atomic E-state index is 9.34. The Morgan fingerprint density at radius 3 is 2.81 bits per heavy atom. The van der Waals surface area contributed by atoms with Crippen LogP contribution in [0.5, 0.6) is 0 Å². The van der Waals surface area contributed by atoms with Crippen molar-refractivity contribution in [3.05, 3.63) is 47.1 Å². The highest BCUT2D eigenvalue weighted by Crippen LogP contribution is 2.26. The standard InChI is InChI=1S/C15H12ClN5/c1-9(2)12-8-19-21-11(7-17)5-10(6-14(12)21)13-3-4-18-15(16)20-13/h3-6,8-9H,1-2H3. The highest BCUT2D eigenvalue weighted by molar-refractivity contribution is 6.28. The molecule has 3 aromatic heterocycles. The van der Waals surface area contributed by atoms with E-state index in [-0.39, 0.29) is 5.28 Å². The third kappa shape index (κ3) is 2.34. The fourth-order valence-corrected chi connectivity index (χ4v) is 2.42. The summed E-state index contributed by atoms with van der Waals surface area (Å²) in [6.45, 7) is 4.19. The molecular formula is C15H12ClN5. The summed E-state index contributed by atoms with van der Waals surface area (Å²) in [5, 5.41) is 13.8. The zero-order valence-corrected chi connectivity index (χ0v) is 12.3. The van der Waals surface area contributed by atoms with E-state index in [0.717, 1.165) is 16.6 Å². The van der Waals surface area contributed by atoms with Gasteiger partial charge in [-0.15, -0.1) is 0 Å². The summed E-state index contributed by atoms with van der Waals surface area (Å²) >= 11 is 5.84. The molecule has 0 aromatic carbocycles. The van der Waals surface area contributed by atoms with Crippen molar-refractivity contribution >= 4 is 17.1 Å². The van der Waals surface area contributed by atoms with Crippen molar-refractivity contribution < 1.29 is 0 Å². The number of hydrogen-bond donors (Lipinski definition) is 0. The van der Waals surface area contributed by atoms with E-state index in [1.807, 2.05) is 6.07 Å². The number of hydrogen-bond acceptors (Lipinski definition) is 4. The van der Waals surface area contributed by atoms with Crippen LogP contribution < -0.4 is 0 Å². The van der Waals surface area contributed by atoms with Crippen molar-refractivity contribution in [3.63, 3.8) is 0 Å². The van der Waals surface area contributed by atoms with Crippen LogP contribution in [0.1, 0.15) is 31.0 Å². The molecule has 3 rings (SSSR count). The number of rotatable bonds is 2. The molecule has 0 saturated carbocycles. The number of nitrogens with zero attached hydrogens (tertiary/aromatic N) is 5. The fourth-order valence-electron chi connectivity index (χ4n) is 2.27. The summed E-state index contributed by atoms with van der Waals surface area (Å²) in [6, 6.07) is 7.67. The van der Waals surface area contributed by atoms with E-state index in [4.69, 9.17) is 11.6 Å². The van der Waals surface area contributed by atoms with Crippen LogP contribution in [0.4, 0.5) is 0 Å². The van der Waals surface area contributed by atoms with Crippen molar-refractivity contribution in [2.24, 2.45) is 0 Å². The lowest BCUT2D eigenvalue weighted by Gasteiger charge is -2.07. The van der Waals surface area contributed by atoms with Gasteiger partial charge in [-0.2, -0.15) is 10.4 Å². The maximum Gasteiger partial charge on any atom is 0.222 e. The molecule has 3 heterocycles. The average molecular weight is 298 g/mol. The predicted octanol–water partition coefficient (Wildman–Crippen LogP) is 3.44. The van der Waals surface area contributed by atoms with E-state index in [9.17, 15) is 5.26 Å². The molecule has 0 amide bonds. The Labute approximate surface area is 126 Å². The number of nitriles is 1. The van der Waals surface area contributed by atoms with Crippen LogP contribution in [0, 0.1) is 11.3 Å². The summed E-state index contributed by atoms with van der Waals surface area (Å²) in [6.07, 6.45) is 3.40. The number of aromatic nitrogens is 4. The zero-order valence-electron chi connectivity index (χ0n) is 11.6. The summed E-state index contributed by atoms with van der Waals surface area (Å²) in [5.41, 5.74) is 3.97. The largest absolute Gasteiger partial charge is 0.226 e. The lowest BCUT2D eigenvalue weighted by atomic mass is 10.0. The van der Waals surface area contributed by atoms with Gasteiger partial charge in [0.1, 0.15) is 11.8 Å². The van der Waals surface area contributed by atoms with E-state index in [1.54, 1.807) is 29.0 Å². The third-order valence-corrected chi connectivity index (χ3v) is 3.49. The van der Waals surface area contributed by atoms with Crippen LogP contribution in [0.2, 0.25) is 5.28 Å².